The third kappa shape index (κ3) is 3.17. The van der Waals surface area contributed by atoms with E-state index in [-0.39, 0.29) is 6.10 Å². The second-order valence-corrected chi connectivity index (χ2v) is 5.55. The number of hydrogen-bond donors (Lipinski definition) is 2. The number of aliphatic hydroxyl groups excluding tert-OH is 1. The Morgan fingerprint density at radius 1 is 1.44 bits per heavy atom. The van der Waals surface area contributed by atoms with Crippen LogP contribution >= 0.6 is 0 Å². The summed E-state index contributed by atoms with van der Waals surface area (Å²) < 4.78 is 0. The van der Waals surface area contributed by atoms with Gasteiger partial charge in [0.05, 0.1) is 6.10 Å². The molecule has 2 heterocycles. The molecule has 0 aliphatic carbocycles. The summed E-state index contributed by atoms with van der Waals surface area (Å²) in [6.45, 7) is 4.19. The number of β-amino-alcohol motifs (C(OH)–C–C–N with tert-alkyl or cyclic N) is 1. The number of nitrogens with zero attached hydrogens (tertiary/aromatic N) is 2. The van der Waals surface area contributed by atoms with Crippen LogP contribution in [0.2, 0.25) is 0 Å². The first-order valence-corrected chi connectivity index (χ1v) is 6.45. The Bertz CT molecular complexity index is 216. The monoisotopic (exact) mass is 227 g/mol. The van der Waals surface area contributed by atoms with Crippen molar-refractivity contribution in [1.82, 2.24) is 15.1 Å². The molecule has 2 saturated heterocycles. The number of likely N-dealkylation sites (N-methyl/N-ethyl adjacent to an activating group) is 1. The molecule has 2 unspecified atom stereocenters. The molecule has 4 nitrogen and oxygen atoms in total. The van der Waals surface area contributed by atoms with Gasteiger partial charge in [-0.1, -0.05) is 0 Å². The molecule has 0 spiro atoms. The molecule has 3 atom stereocenters. The molecule has 2 aliphatic rings. The fraction of sp³-hybridized carbons (Fsp3) is 1.00. The standard InChI is InChI=1S/C12H25N3O/c1-14(2)8-11-6-12(16)9-15(11)7-10-4-3-5-13-10/h10-13,16H,3-9H2,1-2H3/t10-,11?,12?/m1/s1. The van der Waals surface area contributed by atoms with Gasteiger partial charge in [0.15, 0.2) is 0 Å². The van der Waals surface area contributed by atoms with Crippen LogP contribution in [0.3, 0.4) is 0 Å². The topological polar surface area (TPSA) is 38.7 Å². The average molecular weight is 227 g/mol. The number of nitrogens with one attached hydrogen (secondary N) is 1. The molecule has 0 amide bonds. The second-order valence-electron chi connectivity index (χ2n) is 5.55. The maximum absolute atomic E-state index is 9.78. The maximum Gasteiger partial charge on any atom is 0.0682 e. The van der Waals surface area contributed by atoms with Gasteiger partial charge in [-0.15, -0.1) is 0 Å². The Morgan fingerprint density at radius 2 is 2.25 bits per heavy atom. The first kappa shape index (κ1) is 12.3. The van der Waals surface area contributed by atoms with Gasteiger partial charge in [0.2, 0.25) is 0 Å². The number of likely N-dealkylation sites (tertiary alicyclic amines) is 1. The van der Waals surface area contributed by atoms with Crippen molar-refractivity contribution in [3.63, 3.8) is 0 Å². The van der Waals surface area contributed by atoms with Crippen LogP contribution in [-0.4, -0.2) is 73.4 Å². The summed E-state index contributed by atoms with van der Waals surface area (Å²) in [7, 11) is 4.22. The highest BCUT2D eigenvalue weighted by Crippen LogP contribution is 2.20. The van der Waals surface area contributed by atoms with Crippen molar-refractivity contribution in [3.05, 3.63) is 0 Å². The summed E-state index contributed by atoms with van der Waals surface area (Å²) in [6, 6.07) is 1.18. The highest BCUT2D eigenvalue weighted by molar-refractivity contribution is 4.89. The fourth-order valence-electron chi connectivity index (χ4n) is 2.99. The van der Waals surface area contributed by atoms with Crippen molar-refractivity contribution in [1.29, 1.82) is 0 Å². The lowest BCUT2D eigenvalue weighted by Gasteiger charge is -2.28. The van der Waals surface area contributed by atoms with Crippen LogP contribution in [0.5, 0.6) is 0 Å². The number of hydrogen-bond acceptors (Lipinski definition) is 4. The van der Waals surface area contributed by atoms with E-state index in [1.165, 1.54) is 19.4 Å². The zero-order valence-corrected chi connectivity index (χ0v) is 10.5. The van der Waals surface area contributed by atoms with Crippen LogP contribution in [0.1, 0.15) is 19.3 Å². The van der Waals surface area contributed by atoms with Gasteiger partial charge in [-0.25, -0.2) is 0 Å². The third-order valence-corrected chi connectivity index (χ3v) is 3.70. The van der Waals surface area contributed by atoms with Gasteiger partial charge >= 0.3 is 0 Å². The van der Waals surface area contributed by atoms with Crippen molar-refractivity contribution in [2.24, 2.45) is 0 Å². The molecule has 0 bridgehead atoms. The fourth-order valence-corrected chi connectivity index (χ4v) is 2.99. The Hall–Kier alpha value is -0.160. The zero-order valence-electron chi connectivity index (χ0n) is 10.5. The van der Waals surface area contributed by atoms with E-state index in [0.29, 0.717) is 12.1 Å². The van der Waals surface area contributed by atoms with E-state index in [9.17, 15) is 5.11 Å². The lowest BCUT2D eigenvalue weighted by Crippen LogP contribution is -2.44. The Labute approximate surface area is 98.6 Å². The molecule has 0 radical (unpaired) electrons. The number of rotatable bonds is 4. The van der Waals surface area contributed by atoms with Gasteiger partial charge in [0.25, 0.3) is 0 Å². The molecule has 94 valence electrons. The first-order valence-electron chi connectivity index (χ1n) is 6.45. The lowest BCUT2D eigenvalue weighted by atomic mass is 10.1. The van der Waals surface area contributed by atoms with E-state index in [1.54, 1.807) is 0 Å². The van der Waals surface area contributed by atoms with E-state index in [2.05, 4.69) is 29.2 Å². The molecule has 0 aromatic carbocycles. The third-order valence-electron chi connectivity index (χ3n) is 3.70. The molecule has 2 rings (SSSR count). The van der Waals surface area contributed by atoms with E-state index >= 15 is 0 Å². The normalized spacial score (nSPS) is 36.4. The molecule has 4 heteroatoms. The van der Waals surface area contributed by atoms with Crippen molar-refractivity contribution >= 4 is 0 Å². The number of aliphatic hydroxyl groups is 1. The zero-order chi connectivity index (χ0) is 11.5. The Morgan fingerprint density at radius 3 is 2.88 bits per heavy atom. The van der Waals surface area contributed by atoms with Crippen LogP contribution in [0.4, 0.5) is 0 Å². The van der Waals surface area contributed by atoms with Gasteiger partial charge in [-0.2, -0.15) is 0 Å². The summed E-state index contributed by atoms with van der Waals surface area (Å²) in [5.74, 6) is 0. The van der Waals surface area contributed by atoms with Gasteiger partial charge in [0.1, 0.15) is 0 Å². The van der Waals surface area contributed by atoms with Crippen LogP contribution in [-0.2, 0) is 0 Å². The quantitative estimate of drug-likeness (QED) is 0.694. The molecule has 0 aromatic heterocycles. The summed E-state index contributed by atoms with van der Waals surface area (Å²) in [5, 5.41) is 13.3. The smallest absolute Gasteiger partial charge is 0.0682 e. The minimum atomic E-state index is -0.119. The largest absolute Gasteiger partial charge is 0.392 e. The van der Waals surface area contributed by atoms with Gasteiger partial charge in [-0.3, -0.25) is 4.90 Å². The predicted molar refractivity (Wildman–Crippen MR) is 65.6 cm³/mol. The van der Waals surface area contributed by atoms with E-state index < -0.39 is 0 Å². The SMILES string of the molecule is CN(C)CC1CC(O)CN1C[C@H]1CCCN1. The summed E-state index contributed by atoms with van der Waals surface area (Å²) in [4.78, 5) is 4.69. The van der Waals surface area contributed by atoms with Crippen LogP contribution in [0.25, 0.3) is 0 Å². The summed E-state index contributed by atoms with van der Waals surface area (Å²) >= 11 is 0. The summed E-state index contributed by atoms with van der Waals surface area (Å²) in [5.41, 5.74) is 0. The first-order chi connectivity index (χ1) is 7.65. The van der Waals surface area contributed by atoms with Gasteiger partial charge in [0, 0.05) is 31.7 Å². The van der Waals surface area contributed by atoms with Crippen molar-refractivity contribution < 1.29 is 5.11 Å². The molecule has 2 aliphatic heterocycles. The molecule has 2 fully saturated rings. The molecule has 0 aromatic rings. The van der Waals surface area contributed by atoms with E-state index in [0.717, 1.165) is 26.1 Å². The summed E-state index contributed by atoms with van der Waals surface area (Å²) in [6.07, 6.45) is 3.41. The highest BCUT2D eigenvalue weighted by atomic mass is 16.3. The van der Waals surface area contributed by atoms with Gasteiger partial charge < -0.3 is 15.3 Å². The highest BCUT2D eigenvalue weighted by Gasteiger charge is 2.32. The maximum atomic E-state index is 9.78. The van der Waals surface area contributed by atoms with Gasteiger partial charge in [-0.05, 0) is 39.9 Å². The average Bonchev–Trinajstić information content (AvgIpc) is 2.77. The minimum Gasteiger partial charge on any atom is -0.392 e. The Kier molecular flexibility index (Phi) is 4.19. The van der Waals surface area contributed by atoms with Crippen LogP contribution in [0, 0.1) is 0 Å². The molecule has 0 saturated carbocycles. The van der Waals surface area contributed by atoms with Crippen LogP contribution < -0.4 is 5.32 Å². The van der Waals surface area contributed by atoms with E-state index in [4.69, 9.17) is 0 Å². The van der Waals surface area contributed by atoms with Crippen LogP contribution in [0.15, 0.2) is 0 Å². The molecule has 16 heavy (non-hydrogen) atoms. The second kappa shape index (κ2) is 5.45. The lowest BCUT2D eigenvalue weighted by molar-refractivity contribution is 0.166. The predicted octanol–water partition coefficient (Wildman–Crippen LogP) is -0.265. The van der Waals surface area contributed by atoms with Crippen molar-refractivity contribution in [2.75, 3.05) is 40.3 Å². The molecule has 2 N–H and O–H groups in total. The van der Waals surface area contributed by atoms with Crippen molar-refractivity contribution in [2.45, 2.75) is 37.5 Å². The minimum absolute atomic E-state index is 0.119. The molecular formula is C12H25N3O. The van der Waals surface area contributed by atoms with E-state index in [1.807, 2.05) is 0 Å². The Balaban J connectivity index is 1.84. The molecular weight excluding hydrogens is 202 g/mol. The van der Waals surface area contributed by atoms with Crippen molar-refractivity contribution in [3.8, 4) is 0 Å².